The lowest BCUT2D eigenvalue weighted by Gasteiger charge is -2.03. The minimum atomic E-state index is 0.496. The fourth-order valence-electron chi connectivity index (χ4n) is 2.38. The SMILES string of the molecule is CCc1cccc2c(CC#N)c(C)n(C)c12. The molecule has 0 spiro atoms. The predicted octanol–water partition coefficient (Wildman–Crippen LogP) is 3.12. The van der Waals surface area contributed by atoms with Crippen LogP contribution < -0.4 is 0 Å². The number of para-hydroxylation sites is 1. The van der Waals surface area contributed by atoms with Gasteiger partial charge < -0.3 is 4.57 Å². The molecule has 2 heteroatoms. The first-order chi connectivity index (χ1) is 7.70. The van der Waals surface area contributed by atoms with Crippen molar-refractivity contribution in [3.8, 4) is 6.07 Å². The monoisotopic (exact) mass is 212 g/mol. The Bertz CT molecular complexity index is 570. The molecule has 0 unspecified atom stereocenters. The van der Waals surface area contributed by atoms with Crippen molar-refractivity contribution in [2.75, 3.05) is 0 Å². The average Bonchev–Trinajstić information content (AvgIpc) is 2.55. The predicted molar refractivity (Wildman–Crippen MR) is 66.4 cm³/mol. The van der Waals surface area contributed by atoms with Crippen molar-refractivity contribution in [3.05, 3.63) is 35.0 Å². The molecule has 1 aromatic heterocycles. The molecule has 2 aromatic rings. The molecule has 0 saturated heterocycles. The molecule has 1 heterocycles. The van der Waals surface area contributed by atoms with Crippen LogP contribution in [-0.4, -0.2) is 4.57 Å². The highest BCUT2D eigenvalue weighted by molar-refractivity contribution is 5.88. The molecule has 0 atom stereocenters. The van der Waals surface area contributed by atoms with Gasteiger partial charge in [-0.15, -0.1) is 0 Å². The lowest BCUT2D eigenvalue weighted by Crippen LogP contribution is -1.94. The van der Waals surface area contributed by atoms with Crippen LogP contribution in [0.2, 0.25) is 0 Å². The zero-order chi connectivity index (χ0) is 11.7. The maximum Gasteiger partial charge on any atom is 0.0670 e. The van der Waals surface area contributed by atoms with Crippen LogP contribution in [0.25, 0.3) is 10.9 Å². The van der Waals surface area contributed by atoms with E-state index >= 15 is 0 Å². The number of aromatic nitrogens is 1. The third-order valence-electron chi connectivity index (χ3n) is 3.36. The Hall–Kier alpha value is -1.75. The van der Waals surface area contributed by atoms with E-state index in [0.29, 0.717) is 6.42 Å². The van der Waals surface area contributed by atoms with Crippen molar-refractivity contribution >= 4 is 10.9 Å². The van der Waals surface area contributed by atoms with Gasteiger partial charge in [0.05, 0.1) is 18.0 Å². The Morgan fingerprint density at radius 1 is 1.38 bits per heavy atom. The topological polar surface area (TPSA) is 28.7 Å². The number of aryl methyl sites for hydroxylation is 2. The molecule has 2 nitrogen and oxygen atoms in total. The van der Waals surface area contributed by atoms with E-state index in [0.717, 1.165) is 6.42 Å². The second-order valence-corrected chi connectivity index (χ2v) is 4.12. The first-order valence-corrected chi connectivity index (χ1v) is 5.63. The van der Waals surface area contributed by atoms with Gasteiger partial charge in [0.2, 0.25) is 0 Å². The fraction of sp³-hybridized carbons (Fsp3) is 0.357. The number of hydrogen-bond donors (Lipinski definition) is 0. The molecule has 0 fully saturated rings. The van der Waals surface area contributed by atoms with Crippen molar-refractivity contribution < 1.29 is 0 Å². The van der Waals surface area contributed by atoms with Gasteiger partial charge in [-0.2, -0.15) is 5.26 Å². The Balaban J connectivity index is 2.85. The van der Waals surface area contributed by atoms with Gasteiger partial charge in [-0.1, -0.05) is 25.1 Å². The molecule has 2 rings (SSSR count). The highest BCUT2D eigenvalue weighted by Gasteiger charge is 2.13. The molecule has 0 radical (unpaired) electrons. The van der Waals surface area contributed by atoms with E-state index in [-0.39, 0.29) is 0 Å². The summed E-state index contributed by atoms with van der Waals surface area (Å²) in [4.78, 5) is 0. The quantitative estimate of drug-likeness (QED) is 0.752. The summed E-state index contributed by atoms with van der Waals surface area (Å²) in [6, 6.07) is 8.62. The summed E-state index contributed by atoms with van der Waals surface area (Å²) >= 11 is 0. The maximum absolute atomic E-state index is 8.88. The van der Waals surface area contributed by atoms with Gasteiger partial charge in [-0.05, 0) is 24.5 Å². The normalized spacial score (nSPS) is 10.6. The summed E-state index contributed by atoms with van der Waals surface area (Å²) in [5.74, 6) is 0. The van der Waals surface area contributed by atoms with Crippen LogP contribution >= 0.6 is 0 Å². The van der Waals surface area contributed by atoms with Crippen molar-refractivity contribution in [1.29, 1.82) is 5.26 Å². The molecule has 0 N–H and O–H groups in total. The number of fused-ring (bicyclic) bond motifs is 1. The molecule has 0 saturated carbocycles. The van der Waals surface area contributed by atoms with Crippen LogP contribution in [0.1, 0.15) is 23.7 Å². The van der Waals surface area contributed by atoms with E-state index < -0.39 is 0 Å². The zero-order valence-electron chi connectivity index (χ0n) is 10.0. The van der Waals surface area contributed by atoms with Crippen LogP contribution in [0, 0.1) is 18.3 Å². The highest BCUT2D eigenvalue weighted by Crippen LogP contribution is 2.28. The second kappa shape index (κ2) is 4.02. The highest BCUT2D eigenvalue weighted by atomic mass is 14.9. The largest absolute Gasteiger partial charge is 0.347 e. The standard InChI is InChI=1S/C14H16N2/c1-4-11-6-5-7-13-12(8-9-15)10(2)16(3)14(11)13/h5-7H,4,8H2,1-3H3. The number of benzene rings is 1. The molecule has 0 amide bonds. The van der Waals surface area contributed by atoms with Crippen molar-refractivity contribution in [2.24, 2.45) is 7.05 Å². The number of nitrogens with zero attached hydrogens (tertiary/aromatic N) is 2. The lowest BCUT2D eigenvalue weighted by atomic mass is 10.0. The molecular formula is C14H16N2. The third kappa shape index (κ3) is 1.40. The van der Waals surface area contributed by atoms with Crippen LogP contribution in [-0.2, 0) is 19.9 Å². The van der Waals surface area contributed by atoms with E-state index in [1.54, 1.807) is 0 Å². The van der Waals surface area contributed by atoms with Gasteiger partial charge in [0.1, 0.15) is 0 Å². The molecule has 82 valence electrons. The minimum absolute atomic E-state index is 0.496. The van der Waals surface area contributed by atoms with E-state index in [4.69, 9.17) is 5.26 Å². The summed E-state index contributed by atoms with van der Waals surface area (Å²) in [6.45, 7) is 4.26. The van der Waals surface area contributed by atoms with Crippen molar-refractivity contribution in [1.82, 2.24) is 4.57 Å². The number of rotatable bonds is 2. The maximum atomic E-state index is 8.88. The summed E-state index contributed by atoms with van der Waals surface area (Å²) in [5.41, 5.74) is 5.02. The first kappa shape index (κ1) is 10.8. The molecular weight excluding hydrogens is 196 g/mol. The fourth-order valence-corrected chi connectivity index (χ4v) is 2.38. The zero-order valence-corrected chi connectivity index (χ0v) is 10.0. The van der Waals surface area contributed by atoms with Gasteiger partial charge >= 0.3 is 0 Å². The Morgan fingerprint density at radius 3 is 2.75 bits per heavy atom. The number of nitriles is 1. The molecule has 0 aliphatic heterocycles. The Labute approximate surface area is 96.1 Å². The third-order valence-corrected chi connectivity index (χ3v) is 3.36. The van der Waals surface area contributed by atoms with E-state index in [1.165, 1.54) is 27.7 Å². The second-order valence-electron chi connectivity index (χ2n) is 4.12. The van der Waals surface area contributed by atoms with Crippen LogP contribution in [0.15, 0.2) is 18.2 Å². The first-order valence-electron chi connectivity index (χ1n) is 5.63. The van der Waals surface area contributed by atoms with Crippen LogP contribution in [0.4, 0.5) is 0 Å². The number of hydrogen-bond acceptors (Lipinski definition) is 1. The van der Waals surface area contributed by atoms with Gasteiger partial charge in [0.15, 0.2) is 0 Å². The Kier molecular flexibility index (Phi) is 2.70. The van der Waals surface area contributed by atoms with Gasteiger partial charge in [0.25, 0.3) is 0 Å². The van der Waals surface area contributed by atoms with Crippen molar-refractivity contribution in [2.45, 2.75) is 26.7 Å². The molecule has 16 heavy (non-hydrogen) atoms. The molecule has 0 aliphatic rings. The van der Waals surface area contributed by atoms with Crippen LogP contribution in [0.5, 0.6) is 0 Å². The Morgan fingerprint density at radius 2 is 2.12 bits per heavy atom. The summed E-state index contributed by atoms with van der Waals surface area (Å²) in [5, 5.41) is 10.1. The minimum Gasteiger partial charge on any atom is -0.347 e. The van der Waals surface area contributed by atoms with Gasteiger partial charge in [-0.25, -0.2) is 0 Å². The van der Waals surface area contributed by atoms with Crippen LogP contribution in [0.3, 0.4) is 0 Å². The van der Waals surface area contributed by atoms with Crippen molar-refractivity contribution in [3.63, 3.8) is 0 Å². The smallest absolute Gasteiger partial charge is 0.0670 e. The molecule has 0 bridgehead atoms. The molecule has 0 aliphatic carbocycles. The lowest BCUT2D eigenvalue weighted by molar-refractivity contribution is 0.898. The van der Waals surface area contributed by atoms with E-state index in [1.807, 2.05) is 0 Å². The summed E-state index contributed by atoms with van der Waals surface area (Å²) in [6.07, 6.45) is 1.52. The van der Waals surface area contributed by atoms with Gasteiger partial charge in [-0.3, -0.25) is 0 Å². The van der Waals surface area contributed by atoms with E-state index in [2.05, 4.69) is 49.7 Å². The average molecular weight is 212 g/mol. The summed E-state index contributed by atoms with van der Waals surface area (Å²) in [7, 11) is 2.08. The van der Waals surface area contributed by atoms with Gasteiger partial charge in [0, 0.05) is 18.1 Å². The van der Waals surface area contributed by atoms with E-state index in [9.17, 15) is 0 Å². The summed E-state index contributed by atoms with van der Waals surface area (Å²) < 4.78 is 2.21. The molecule has 1 aromatic carbocycles.